The highest BCUT2D eigenvalue weighted by Gasteiger charge is 2.27. The lowest BCUT2D eigenvalue weighted by molar-refractivity contribution is 0.0738. The molecule has 0 N–H and O–H groups in total. The number of imidazole rings is 1. The highest BCUT2D eigenvalue weighted by Crippen LogP contribution is 2.21. The number of rotatable bonds is 3. The van der Waals surface area contributed by atoms with Gasteiger partial charge in [0.1, 0.15) is 17.2 Å². The van der Waals surface area contributed by atoms with Gasteiger partial charge in [0.05, 0.1) is 5.69 Å². The van der Waals surface area contributed by atoms with E-state index < -0.39 is 0 Å². The summed E-state index contributed by atoms with van der Waals surface area (Å²) in [6.07, 6.45) is 4.45. The molecule has 7 heteroatoms. The summed E-state index contributed by atoms with van der Waals surface area (Å²) in [6.45, 7) is 4.96. The highest BCUT2D eigenvalue weighted by molar-refractivity contribution is 9.10. The Morgan fingerprint density at radius 3 is 2.65 bits per heavy atom. The maximum absolute atomic E-state index is 13.2. The summed E-state index contributed by atoms with van der Waals surface area (Å²) in [5.74, 6) is 1.01. The monoisotopic (exact) mass is 413 g/mol. The quantitative estimate of drug-likeness (QED) is 0.661. The minimum Gasteiger partial charge on any atom is -0.353 e. The molecule has 0 spiro atoms. The van der Waals surface area contributed by atoms with Crippen molar-refractivity contribution in [1.29, 1.82) is 0 Å². The fourth-order valence-electron chi connectivity index (χ4n) is 3.37. The summed E-state index contributed by atoms with van der Waals surface area (Å²) in [7, 11) is 0. The average Bonchev–Trinajstić information content (AvgIpc) is 3.06. The second-order valence-corrected chi connectivity index (χ2v) is 7.22. The van der Waals surface area contributed by atoms with Crippen LogP contribution >= 0.6 is 15.9 Å². The number of hydrogen-bond donors (Lipinski definition) is 0. The molecule has 4 heterocycles. The summed E-state index contributed by atoms with van der Waals surface area (Å²) < 4.78 is 2.83. The van der Waals surface area contributed by atoms with Gasteiger partial charge in [-0.05, 0) is 46.6 Å². The highest BCUT2D eigenvalue weighted by atomic mass is 79.9. The smallest absolute Gasteiger partial charge is 0.272 e. The van der Waals surface area contributed by atoms with Gasteiger partial charge in [-0.25, -0.2) is 9.97 Å². The van der Waals surface area contributed by atoms with Crippen LogP contribution in [0.25, 0.3) is 5.65 Å². The zero-order valence-electron chi connectivity index (χ0n) is 14.6. The second-order valence-electron chi connectivity index (χ2n) is 6.30. The van der Waals surface area contributed by atoms with Crippen molar-refractivity contribution >= 4 is 33.3 Å². The molecular formula is C19H20BrN5O. The molecule has 1 saturated heterocycles. The van der Waals surface area contributed by atoms with Crippen molar-refractivity contribution in [2.45, 2.75) is 13.3 Å². The SMILES string of the molecule is CCc1nc2ccc(Br)cn2c1C(=O)N1CCN(c2ccccn2)CC1. The van der Waals surface area contributed by atoms with Crippen molar-refractivity contribution in [3.05, 3.63) is 58.6 Å². The Morgan fingerprint density at radius 1 is 1.15 bits per heavy atom. The first-order valence-electron chi connectivity index (χ1n) is 8.79. The van der Waals surface area contributed by atoms with Gasteiger partial charge in [-0.15, -0.1) is 0 Å². The zero-order chi connectivity index (χ0) is 18.1. The molecule has 1 amide bonds. The molecule has 0 unspecified atom stereocenters. The molecule has 1 aliphatic heterocycles. The Morgan fingerprint density at radius 2 is 1.96 bits per heavy atom. The summed E-state index contributed by atoms with van der Waals surface area (Å²) in [4.78, 5) is 26.4. The predicted octanol–water partition coefficient (Wildman–Crippen LogP) is 3.02. The van der Waals surface area contributed by atoms with E-state index in [-0.39, 0.29) is 5.91 Å². The third-order valence-electron chi connectivity index (χ3n) is 4.73. The van der Waals surface area contributed by atoms with Crippen LogP contribution in [-0.4, -0.2) is 51.4 Å². The number of piperazine rings is 1. The number of carbonyl (C=O) groups excluding carboxylic acids is 1. The molecule has 0 atom stereocenters. The number of nitrogens with zero attached hydrogens (tertiary/aromatic N) is 5. The molecule has 1 aliphatic rings. The van der Waals surface area contributed by atoms with Crippen LogP contribution < -0.4 is 4.90 Å². The van der Waals surface area contributed by atoms with Gasteiger partial charge in [0.2, 0.25) is 0 Å². The Hall–Kier alpha value is -2.41. The van der Waals surface area contributed by atoms with E-state index in [9.17, 15) is 4.79 Å². The first-order valence-corrected chi connectivity index (χ1v) is 9.58. The topological polar surface area (TPSA) is 53.7 Å². The van der Waals surface area contributed by atoms with Crippen molar-refractivity contribution in [1.82, 2.24) is 19.3 Å². The summed E-state index contributed by atoms with van der Waals surface area (Å²) >= 11 is 3.49. The first-order chi connectivity index (χ1) is 12.7. The molecular weight excluding hydrogens is 394 g/mol. The average molecular weight is 414 g/mol. The van der Waals surface area contributed by atoms with E-state index in [1.807, 2.05) is 52.8 Å². The molecule has 0 bridgehead atoms. The Balaban J connectivity index is 1.57. The molecule has 4 rings (SSSR count). The van der Waals surface area contributed by atoms with E-state index in [1.54, 1.807) is 6.20 Å². The van der Waals surface area contributed by atoms with Crippen molar-refractivity contribution in [2.24, 2.45) is 0 Å². The molecule has 0 radical (unpaired) electrons. The van der Waals surface area contributed by atoms with Gasteiger partial charge in [0.25, 0.3) is 5.91 Å². The van der Waals surface area contributed by atoms with Gasteiger partial charge in [0, 0.05) is 43.0 Å². The number of pyridine rings is 2. The van der Waals surface area contributed by atoms with E-state index in [0.717, 1.165) is 41.1 Å². The fraction of sp³-hybridized carbons (Fsp3) is 0.316. The van der Waals surface area contributed by atoms with Crippen molar-refractivity contribution < 1.29 is 4.79 Å². The van der Waals surface area contributed by atoms with E-state index in [2.05, 4.69) is 30.8 Å². The third-order valence-corrected chi connectivity index (χ3v) is 5.20. The number of carbonyl (C=O) groups is 1. The Kier molecular flexibility index (Phi) is 4.63. The van der Waals surface area contributed by atoms with Crippen LogP contribution in [0, 0.1) is 0 Å². The maximum Gasteiger partial charge on any atom is 0.272 e. The Bertz CT molecular complexity index is 932. The van der Waals surface area contributed by atoms with Gasteiger partial charge < -0.3 is 9.80 Å². The lowest BCUT2D eigenvalue weighted by Gasteiger charge is -2.35. The number of hydrogen-bond acceptors (Lipinski definition) is 4. The van der Waals surface area contributed by atoms with Crippen molar-refractivity contribution in [3.8, 4) is 0 Å². The van der Waals surface area contributed by atoms with Gasteiger partial charge in [-0.1, -0.05) is 13.0 Å². The number of aryl methyl sites for hydroxylation is 1. The molecule has 3 aromatic rings. The van der Waals surface area contributed by atoms with Crippen LogP contribution in [0.15, 0.2) is 47.2 Å². The zero-order valence-corrected chi connectivity index (χ0v) is 16.2. The molecule has 0 aliphatic carbocycles. The van der Waals surface area contributed by atoms with Gasteiger partial charge in [-0.3, -0.25) is 9.20 Å². The van der Waals surface area contributed by atoms with Crippen molar-refractivity contribution in [3.63, 3.8) is 0 Å². The van der Waals surface area contributed by atoms with Crippen LogP contribution in [0.3, 0.4) is 0 Å². The standard InChI is InChI=1S/C19H20BrN5O/c1-2-15-18(25-13-14(20)6-7-17(25)22-15)19(26)24-11-9-23(10-12-24)16-5-3-4-8-21-16/h3-8,13H,2,9-12H2,1H3. The largest absolute Gasteiger partial charge is 0.353 e. The number of aromatic nitrogens is 3. The molecule has 1 fully saturated rings. The van der Waals surface area contributed by atoms with Gasteiger partial charge in [0.15, 0.2) is 0 Å². The molecule has 134 valence electrons. The number of anilines is 1. The lowest BCUT2D eigenvalue weighted by atomic mass is 10.2. The number of fused-ring (bicyclic) bond motifs is 1. The first kappa shape index (κ1) is 17.0. The fourth-order valence-corrected chi connectivity index (χ4v) is 3.71. The van der Waals surface area contributed by atoms with E-state index in [1.165, 1.54) is 0 Å². The molecule has 6 nitrogen and oxygen atoms in total. The molecule has 26 heavy (non-hydrogen) atoms. The van der Waals surface area contributed by atoms with Crippen LogP contribution in [0.2, 0.25) is 0 Å². The van der Waals surface area contributed by atoms with Crippen LogP contribution in [0.4, 0.5) is 5.82 Å². The minimum atomic E-state index is 0.0492. The predicted molar refractivity (Wildman–Crippen MR) is 105 cm³/mol. The van der Waals surface area contributed by atoms with E-state index in [0.29, 0.717) is 18.8 Å². The minimum absolute atomic E-state index is 0.0492. The summed E-state index contributed by atoms with van der Waals surface area (Å²) in [6, 6.07) is 9.79. The van der Waals surface area contributed by atoms with Gasteiger partial charge in [-0.2, -0.15) is 0 Å². The third kappa shape index (κ3) is 3.07. The second kappa shape index (κ2) is 7.07. The normalized spacial score (nSPS) is 14.8. The summed E-state index contributed by atoms with van der Waals surface area (Å²) in [5.41, 5.74) is 2.33. The maximum atomic E-state index is 13.2. The van der Waals surface area contributed by atoms with E-state index in [4.69, 9.17) is 0 Å². The number of amides is 1. The number of halogens is 1. The molecule has 0 saturated carbocycles. The summed E-state index contributed by atoms with van der Waals surface area (Å²) in [5, 5.41) is 0. The van der Waals surface area contributed by atoms with Crippen LogP contribution in [0.5, 0.6) is 0 Å². The Labute approximate surface area is 160 Å². The van der Waals surface area contributed by atoms with Gasteiger partial charge >= 0.3 is 0 Å². The molecule has 3 aromatic heterocycles. The van der Waals surface area contributed by atoms with E-state index >= 15 is 0 Å². The van der Waals surface area contributed by atoms with Crippen LogP contribution in [0.1, 0.15) is 23.1 Å². The molecule has 0 aromatic carbocycles. The van der Waals surface area contributed by atoms with Crippen molar-refractivity contribution in [2.75, 3.05) is 31.1 Å². The van der Waals surface area contributed by atoms with Crippen LogP contribution in [-0.2, 0) is 6.42 Å². The lowest BCUT2D eigenvalue weighted by Crippen LogP contribution is -2.49.